The van der Waals surface area contributed by atoms with Crippen LogP contribution in [0.15, 0.2) is 84.9 Å². The molecule has 0 heterocycles. The standard InChI is InChI=1S/C33H40N4O3.2C2H6/c1-37(2,26-34)31(24-27-14-8-6-9-15-27)33(39)35-23-13-5-3-4-12-18-32(38)36-29-19-21-30(22-20-29)40-25-28-16-10-7-11-17-28;2*1-2/h6-11,14-17,19-22,31H,3-5,12-13,18,23-25H2,1-2H3,(H-,35,36,38,39);2*1-2H3/p+1/t31-;;/m0../s1. The largest absolute Gasteiger partial charge is 0.489 e. The maximum absolute atomic E-state index is 12.9. The highest BCUT2D eigenvalue weighted by molar-refractivity contribution is 5.90. The first-order chi connectivity index (χ1) is 21.4. The molecule has 1 atom stereocenters. The molecule has 0 aliphatic carbocycles. The number of benzene rings is 3. The molecule has 0 aliphatic rings. The van der Waals surface area contributed by atoms with Crippen molar-refractivity contribution in [1.29, 1.82) is 5.26 Å². The van der Waals surface area contributed by atoms with Gasteiger partial charge in [0.15, 0.2) is 6.04 Å². The quantitative estimate of drug-likeness (QED) is 0.0993. The van der Waals surface area contributed by atoms with Crippen LogP contribution in [0, 0.1) is 11.5 Å². The average Bonchev–Trinajstić information content (AvgIpc) is 3.07. The summed E-state index contributed by atoms with van der Waals surface area (Å²) in [7, 11) is 3.53. The molecule has 3 aromatic carbocycles. The van der Waals surface area contributed by atoms with Gasteiger partial charge in [0, 0.05) is 25.1 Å². The second-order valence-corrected chi connectivity index (χ2v) is 10.5. The van der Waals surface area contributed by atoms with Crippen LogP contribution in [0.3, 0.4) is 0 Å². The molecular formula is C37H53N4O3+. The van der Waals surface area contributed by atoms with Crippen LogP contribution in [0.2, 0.25) is 0 Å². The van der Waals surface area contributed by atoms with Gasteiger partial charge in [-0.2, -0.15) is 0 Å². The minimum atomic E-state index is -0.469. The molecule has 0 saturated carbocycles. The Hall–Kier alpha value is -4.15. The molecule has 3 rings (SSSR count). The predicted molar refractivity (Wildman–Crippen MR) is 181 cm³/mol. The predicted octanol–water partition coefficient (Wildman–Crippen LogP) is 7.88. The molecule has 0 unspecified atom stereocenters. The van der Waals surface area contributed by atoms with Crippen molar-refractivity contribution in [2.24, 2.45) is 0 Å². The number of quaternary nitrogens is 1. The topological polar surface area (TPSA) is 91.2 Å². The number of hydrogen-bond donors (Lipinski definition) is 2. The van der Waals surface area contributed by atoms with E-state index < -0.39 is 6.04 Å². The number of nitrogens with zero attached hydrogens (tertiary/aromatic N) is 2. The van der Waals surface area contributed by atoms with Crippen LogP contribution >= 0.6 is 0 Å². The van der Waals surface area contributed by atoms with Gasteiger partial charge in [-0.3, -0.25) is 9.59 Å². The minimum absolute atomic E-state index is 0.00732. The van der Waals surface area contributed by atoms with E-state index in [9.17, 15) is 14.9 Å². The molecule has 0 saturated heterocycles. The van der Waals surface area contributed by atoms with Gasteiger partial charge in [-0.05, 0) is 48.2 Å². The van der Waals surface area contributed by atoms with E-state index in [0.29, 0.717) is 26.0 Å². The second-order valence-electron chi connectivity index (χ2n) is 10.5. The van der Waals surface area contributed by atoms with Crippen molar-refractivity contribution in [1.82, 2.24) is 5.32 Å². The Labute approximate surface area is 265 Å². The lowest BCUT2D eigenvalue weighted by molar-refractivity contribution is -0.841. The van der Waals surface area contributed by atoms with Gasteiger partial charge in [0.05, 0.1) is 14.1 Å². The van der Waals surface area contributed by atoms with E-state index in [4.69, 9.17) is 4.74 Å². The zero-order chi connectivity index (χ0) is 32.6. The molecule has 7 heteroatoms. The Balaban J connectivity index is 0.00000232. The summed E-state index contributed by atoms with van der Waals surface area (Å²) in [5.74, 6) is 0.674. The molecule has 0 aromatic heterocycles. The first-order valence-electron chi connectivity index (χ1n) is 16.0. The fraction of sp³-hybridized carbons (Fsp3) is 0.432. The lowest BCUT2D eigenvalue weighted by Crippen LogP contribution is -2.54. The van der Waals surface area contributed by atoms with Gasteiger partial charge in [0.1, 0.15) is 12.4 Å². The monoisotopic (exact) mass is 601 g/mol. The molecule has 3 aromatic rings. The third-order valence-corrected chi connectivity index (χ3v) is 6.88. The lowest BCUT2D eigenvalue weighted by atomic mass is 10.0. The maximum atomic E-state index is 12.9. The second kappa shape index (κ2) is 22.4. The summed E-state index contributed by atoms with van der Waals surface area (Å²) in [6, 6.07) is 26.8. The Morgan fingerprint density at radius 3 is 1.91 bits per heavy atom. The number of likely N-dealkylation sites (N-methyl/N-ethyl adjacent to an activating group) is 1. The van der Waals surface area contributed by atoms with Crippen molar-refractivity contribution in [2.45, 2.75) is 85.3 Å². The number of nitriles is 1. The smallest absolute Gasteiger partial charge is 0.308 e. The molecule has 238 valence electrons. The van der Waals surface area contributed by atoms with Gasteiger partial charge in [0.2, 0.25) is 5.91 Å². The highest BCUT2D eigenvalue weighted by atomic mass is 16.5. The van der Waals surface area contributed by atoms with Gasteiger partial charge in [-0.15, -0.1) is 5.26 Å². The number of nitrogens with one attached hydrogen (secondary N) is 2. The van der Waals surface area contributed by atoms with Gasteiger partial charge >= 0.3 is 6.19 Å². The van der Waals surface area contributed by atoms with Crippen LogP contribution in [-0.2, 0) is 22.6 Å². The summed E-state index contributed by atoms with van der Waals surface area (Å²) >= 11 is 0. The van der Waals surface area contributed by atoms with E-state index in [0.717, 1.165) is 54.7 Å². The van der Waals surface area contributed by atoms with Gasteiger partial charge in [0.25, 0.3) is 5.91 Å². The molecule has 0 bridgehead atoms. The van der Waals surface area contributed by atoms with Crippen LogP contribution in [0.1, 0.15) is 77.3 Å². The van der Waals surface area contributed by atoms with E-state index in [1.54, 1.807) is 14.1 Å². The SMILES string of the molecule is CC.CC.C[N+](C)(C#N)[C@@H](Cc1ccccc1)C(=O)NCCCCCCCC(=O)Nc1ccc(OCc2ccccc2)cc1. The van der Waals surface area contributed by atoms with Gasteiger partial charge in [-0.1, -0.05) is 108 Å². The van der Waals surface area contributed by atoms with E-state index in [-0.39, 0.29) is 16.3 Å². The molecule has 2 N–H and O–H groups in total. The molecule has 44 heavy (non-hydrogen) atoms. The lowest BCUT2D eigenvalue weighted by Gasteiger charge is -2.28. The first kappa shape index (κ1) is 37.9. The Bertz CT molecular complexity index is 1220. The molecule has 0 fully saturated rings. The van der Waals surface area contributed by atoms with Crippen molar-refractivity contribution in [3.63, 3.8) is 0 Å². The number of carbonyl (C=O) groups is 2. The number of unbranched alkanes of at least 4 members (excludes halogenated alkanes) is 4. The Morgan fingerprint density at radius 2 is 1.32 bits per heavy atom. The number of anilines is 1. The number of ether oxygens (including phenoxy) is 1. The van der Waals surface area contributed by atoms with Crippen molar-refractivity contribution in [2.75, 3.05) is 26.0 Å². The molecule has 0 spiro atoms. The van der Waals surface area contributed by atoms with Crippen molar-refractivity contribution in [3.8, 4) is 11.9 Å². The first-order valence-corrected chi connectivity index (χ1v) is 16.0. The van der Waals surface area contributed by atoms with Crippen LogP contribution in [-0.4, -0.2) is 43.0 Å². The van der Waals surface area contributed by atoms with E-state index in [1.165, 1.54) is 0 Å². The van der Waals surface area contributed by atoms with Crippen LogP contribution < -0.4 is 15.4 Å². The summed E-state index contributed by atoms with van der Waals surface area (Å²) in [5.41, 5.74) is 2.91. The van der Waals surface area contributed by atoms with Crippen molar-refractivity contribution < 1.29 is 18.8 Å². The highest BCUT2D eigenvalue weighted by Crippen LogP contribution is 2.18. The molecule has 7 nitrogen and oxygen atoms in total. The van der Waals surface area contributed by atoms with Crippen LogP contribution in [0.4, 0.5) is 5.69 Å². The zero-order valence-corrected chi connectivity index (χ0v) is 27.6. The summed E-state index contributed by atoms with van der Waals surface area (Å²) in [6.07, 6.45) is 7.87. The Kier molecular flexibility index (Phi) is 19.3. The van der Waals surface area contributed by atoms with Gasteiger partial charge < -0.3 is 15.4 Å². The van der Waals surface area contributed by atoms with Crippen molar-refractivity contribution >= 4 is 17.5 Å². The van der Waals surface area contributed by atoms with Crippen molar-refractivity contribution in [3.05, 3.63) is 96.1 Å². The Morgan fingerprint density at radius 1 is 0.773 bits per heavy atom. The fourth-order valence-corrected chi connectivity index (χ4v) is 4.39. The molecule has 0 radical (unpaired) electrons. The fourth-order valence-electron chi connectivity index (χ4n) is 4.39. The minimum Gasteiger partial charge on any atom is -0.489 e. The molecule has 2 amide bonds. The molecule has 0 aliphatic heterocycles. The summed E-state index contributed by atoms with van der Waals surface area (Å²) in [6.45, 7) is 9.09. The summed E-state index contributed by atoms with van der Waals surface area (Å²) in [5, 5.41) is 15.5. The van der Waals surface area contributed by atoms with E-state index in [1.807, 2.05) is 113 Å². The van der Waals surface area contributed by atoms with E-state index in [2.05, 4.69) is 16.8 Å². The number of amides is 2. The highest BCUT2D eigenvalue weighted by Gasteiger charge is 2.35. The third kappa shape index (κ3) is 14.8. The zero-order valence-electron chi connectivity index (χ0n) is 27.6. The van der Waals surface area contributed by atoms with E-state index >= 15 is 0 Å². The number of hydrogen-bond acceptors (Lipinski definition) is 4. The van der Waals surface area contributed by atoms with Crippen LogP contribution in [0.5, 0.6) is 5.75 Å². The normalized spacial score (nSPS) is 10.9. The number of carbonyl (C=O) groups excluding carboxylic acids is 2. The van der Waals surface area contributed by atoms with Crippen LogP contribution in [0.25, 0.3) is 0 Å². The summed E-state index contributed by atoms with van der Waals surface area (Å²) < 4.78 is 5.76. The third-order valence-electron chi connectivity index (χ3n) is 6.88. The average molecular weight is 602 g/mol. The molecular weight excluding hydrogens is 548 g/mol. The number of rotatable bonds is 16. The van der Waals surface area contributed by atoms with Gasteiger partial charge in [-0.25, -0.2) is 4.48 Å². The maximum Gasteiger partial charge on any atom is 0.308 e. The summed E-state index contributed by atoms with van der Waals surface area (Å²) in [4.78, 5) is 25.2.